The highest BCUT2D eigenvalue weighted by Gasteiger charge is 2.14. The summed E-state index contributed by atoms with van der Waals surface area (Å²) in [6.07, 6.45) is 2.53. The summed E-state index contributed by atoms with van der Waals surface area (Å²) in [6.45, 7) is 0.644. The maximum Gasteiger partial charge on any atom is 0.270 e. The second kappa shape index (κ2) is 5.79. The summed E-state index contributed by atoms with van der Waals surface area (Å²) in [5, 5.41) is 1.05. The Morgan fingerprint density at radius 3 is 2.76 bits per heavy atom. The number of aromatic nitrogens is 2. The highest BCUT2D eigenvalue weighted by molar-refractivity contribution is 5.97. The van der Waals surface area contributed by atoms with Gasteiger partial charge in [-0.3, -0.25) is 9.78 Å². The summed E-state index contributed by atoms with van der Waals surface area (Å²) in [6, 6.07) is 15.6. The summed E-state index contributed by atoms with van der Waals surface area (Å²) in [7, 11) is 1.82. The number of aromatic amines is 1. The van der Waals surface area contributed by atoms with E-state index in [9.17, 15) is 4.79 Å². The van der Waals surface area contributed by atoms with Crippen molar-refractivity contribution in [2.45, 2.75) is 6.42 Å². The van der Waals surface area contributed by atoms with Crippen LogP contribution in [0.1, 0.15) is 16.2 Å². The summed E-state index contributed by atoms with van der Waals surface area (Å²) >= 11 is 0. The third-order valence-electron chi connectivity index (χ3n) is 3.54. The van der Waals surface area contributed by atoms with Crippen LogP contribution in [0.25, 0.3) is 10.9 Å². The highest BCUT2D eigenvalue weighted by atomic mass is 16.2. The van der Waals surface area contributed by atoms with Crippen molar-refractivity contribution in [3.05, 3.63) is 66.1 Å². The number of rotatable bonds is 4. The number of carbonyl (C=O) groups excluding carboxylic acids is 1. The van der Waals surface area contributed by atoms with Crippen LogP contribution in [-0.4, -0.2) is 34.4 Å². The van der Waals surface area contributed by atoms with Crippen molar-refractivity contribution in [3.8, 4) is 0 Å². The van der Waals surface area contributed by atoms with Crippen molar-refractivity contribution >= 4 is 16.8 Å². The molecule has 106 valence electrons. The Hall–Kier alpha value is -2.62. The van der Waals surface area contributed by atoms with Crippen molar-refractivity contribution < 1.29 is 4.79 Å². The number of nitrogens with one attached hydrogen (secondary N) is 1. The number of fused-ring (bicyclic) bond motifs is 1. The summed E-state index contributed by atoms with van der Waals surface area (Å²) in [5.41, 5.74) is 2.60. The number of para-hydroxylation sites is 1. The molecule has 4 nitrogen and oxygen atoms in total. The smallest absolute Gasteiger partial charge is 0.270 e. The first kappa shape index (κ1) is 13.4. The van der Waals surface area contributed by atoms with Crippen molar-refractivity contribution in [1.29, 1.82) is 0 Å². The Bertz CT molecular complexity index is 716. The Morgan fingerprint density at radius 1 is 1.19 bits per heavy atom. The van der Waals surface area contributed by atoms with Gasteiger partial charge in [-0.2, -0.15) is 0 Å². The first-order valence-corrected chi connectivity index (χ1v) is 6.97. The van der Waals surface area contributed by atoms with Crippen LogP contribution in [0, 0.1) is 0 Å². The maximum atomic E-state index is 12.4. The van der Waals surface area contributed by atoms with Gasteiger partial charge in [0.05, 0.1) is 0 Å². The van der Waals surface area contributed by atoms with E-state index in [1.165, 1.54) is 0 Å². The highest BCUT2D eigenvalue weighted by Crippen LogP contribution is 2.15. The molecular formula is C17H17N3O. The molecule has 0 aliphatic heterocycles. The fourth-order valence-electron chi connectivity index (χ4n) is 2.32. The number of likely N-dealkylation sites (N-methyl/N-ethyl adjacent to an activating group) is 1. The maximum absolute atomic E-state index is 12.4. The van der Waals surface area contributed by atoms with Gasteiger partial charge in [-0.25, -0.2) is 0 Å². The van der Waals surface area contributed by atoms with Crippen LogP contribution in [0.5, 0.6) is 0 Å². The molecule has 0 radical (unpaired) electrons. The molecule has 0 saturated heterocycles. The van der Waals surface area contributed by atoms with E-state index < -0.39 is 0 Å². The number of carbonyl (C=O) groups is 1. The minimum atomic E-state index is 0.00197. The number of H-pyrrole nitrogens is 1. The molecule has 0 saturated carbocycles. The Balaban J connectivity index is 1.69. The Kier molecular flexibility index (Phi) is 3.69. The molecule has 2 aromatic heterocycles. The topological polar surface area (TPSA) is 49.0 Å². The molecule has 2 heterocycles. The molecule has 0 bridgehead atoms. The second-order valence-electron chi connectivity index (χ2n) is 5.07. The average Bonchev–Trinajstić information content (AvgIpc) is 2.97. The van der Waals surface area contributed by atoms with Crippen LogP contribution in [-0.2, 0) is 6.42 Å². The molecule has 0 atom stereocenters. The van der Waals surface area contributed by atoms with Crippen molar-refractivity contribution in [2.75, 3.05) is 13.6 Å². The molecule has 1 aromatic carbocycles. The van der Waals surface area contributed by atoms with Crippen molar-refractivity contribution in [2.24, 2.45) is 0 Å². The summed E-state index contributed by atoms with van der Waals surface area (Å²) < 4.78 is 0. The van der Waals surface area contributed by atoms with Crippen LogP contribution in [0.2, 0.25) is 0 Å². The number of pyridine rings is 1. The summed E-state index contributed by atoms with van der Waals surface area (Å²) in [4.78, 5) is 21.6. The largest absolute Gasteiger partial charge is 0.351 e. The van der Waals surface area contributed by atoms with Crippen LogP contribution in [0.4, 0.5) is 0 Å². The first-order valence-electron chi connectivity index (χ1n) is 6.97. The average molecular weight is 279 g/mol. The van der Waals surface area contributed by atoms with Gasteiger partial charge in [0.2, 0.25) is 0 Å². The molecule has 4 heteroatoms. The molecule has 21 heavy (non-hydrogen) atoms. The number of amides is 1. The van der Waals surface area contributed by atoms with Crippen LogP contribution in [0.15, 0.2) is 54.7 Å². The monoisotopic (exact) mass is 279 g/mol. The molecule has 0 unspecified atom stereocenters. The van der Waals surface area contributed by atoms with E-state index in [-0.39, 0.29) is 5.91 Å². The van der Waals surface area contributed by atoms with Crippen LogP contribution >= 0.6 is 0 Å². The zero-order valence-electron chi connectivity index (χ0n) is 11.9. The zero-order valence-corrected chi connectivity index (χ0v) is 11.9. The predicted molar refractivity (Wildman–Crippen MR) is 83.2 cm³/mol. The lowest BCUT2D eigenvalue weighted by atomic mass is 10.2. The molecule has 0 aliphatic carbocycles. The first-order chi connectivity index (χ1) is 10.2. The van der Waals surface area contributed by atoms with E-state index in [4.69, 9.17) is 0 Å². The van der Waals surface area contributed by atoms with E-state index in [1.807, 2.05) is 55.6 Å². The van der Waals surface area contributed by atoms with Crippen molar-refractivity contribution in [3.63, 3.8) is 0 Å². The van der Waals surface area contributed by atoms with Crippen LogP contribution in [0.3, 0.4) is 0 Å². The lowest BCUT2D eigenvalue weighted by Crippen LogP contribution is -2.29. The predicted octanol–water partition coefficient (Wildman–Crippen LogP) is 2.88. The number of nitrogens with zero attached hydrogens (tertiary/aromatic N) is 2. The van der Waals surface area contributed by atoms with Gasteiger partial charge in [0.15, 0.2) is 0 Å². The van der Waals surface area contributed by atoms with E-state index in [2.05, 4.69) is 9.97 Å². The van der Waals surface area contributed by atoms with Crippen LogP contribution < -0.4 is 0 Å². The Labute approximate surface area is 123 Å². The molecule has 3 aromatic rings. The van der Waals surface area contributed by atoms with Gasteiger partial charge in [0.25, 0.3) is 5.91 Å². The summed E-state index contributed by atoms with van der Waals surface area (Å²) in [5.74, 6) is 0.00197. The SMILES string of the molecule is CN(CCc1ccccn1)C(=O)c1cc2ccccc2[nH]1. The molecule has 0 aliphatic rings. The quantitative estimate of drug-likeness (QED) is 0.798. The standard InChI is InChI=1S/C17H17N3O/c1-20(11-9-14-7-4-5-10-18-14)17(21)16-12-13-6-2-3-8-15(13)19-16/h2-8,10,12,19H,9,11H2,1H3. The number of hydrogen-bond acceptors (Lipinski definition) is 2. The van der Waals surface area contributed by atoms with Gasteiger partial charge in [-0.15, -0.1) is 0 Å². The minimum Gasteiger partial charge on any atom is -0.351 e. The second-order valence-corrected chi connectivity index (χ2v) is 5.07. The molecular weight excluding hydrogens is 262 g/mol. The fraction of sp³-hybridized carbons (Fsp3) is 0.176. The van der Waals surface area contributed by atoms with Crippen molar-refractivity contribution in [1.82, 2.24) is 14.9 Å². The molecule has 0 spiro atoms. The molecule has 3 rings (SSSR count). The third-order valence-corrected chi connectivity index (χ3v) is 3.54. The van der Waals surface area contributed by atoms with Gasteiger partial charge >= 0.3 is 0 Å². The van der Waals surface area contributed by atoms with Gasteiger partial charge in [0.1, 0.15) is 5.69 Å². The third kappa shape index (κ3) is 2.94. The van der Waals surface area contributed by atoms with E-state index in [0.717, 1.165) is 23.0 Å². The lowest BCUT2D eigenvalue weighted by Gasteiger charge is -2.15. The fourth-order valence-corrected chi connectivity index (χ4v) is 2.32. The number of benzene rings is 1. The lowest BCUT2D eigenvalue weighted by molar-refractivity contribution is 0.0791. The molecule has 1 amide bonds. The van der Waals surface area contributed by atoms with Gasteiger partial charge in [0, 0.05) is 42.8 Å². The normalized spacial score (nSPS) is 10.7. The molecule has 0 fully saturated rings. The van der Waals surface area contributed by atoms with Gasteiger partial charge in [-0.1, -0.05) is 24.3 Å². The van der Waals surface area contributed by atoms with E-state index in [0.29, 0.717) is 12.2 Å². The Morgan fingerprint density at radius 2 is 2.00 bits per heavy atom. The number of hydrogen-bond donors (Lipinski definition) is 1. The van der Waals surface area contributed by atoms with Gasteiger partial charge in [-0.05, 0) is 24.3 Å². The zero-order chi connectivity index (χ0) is 14.7. The molecule has 1 N–H and O–H groups in total. The minimum absolute atomic E-state index is 0.00197. The van der Waals surface area contributed by atoms with E-state index in [1.54, 1.807) is 11.1 Å². The van der Waals surface area contributed by atoms with Gasteiger partial charge < -0.3 is 9.88 Å². The van der Waals surface area contributed by atoms with E-state index >= 15 is 0 Å².